The van der Waals surface area contributed by atoms with Gasteiger partial charge in [-0.2, -0.15) is 5.26 Å². The van der Waals surface area contributed by atoms with E-state index in [1.54, 1.807) is 45.4 Å². The lowest BCUT2D eigenvalue weighted by Crippen LogP contribution is -2.04. The summed E-state index contributed by atoms with van der Waals surface area (Å²) in [6.45, 7) is 3.16. The highest BCUT2D eigenvalue weighted by atomic mass is 16.5. The Morgan fingerprint density at radius 3 is 2.55 bits per heavy atom. The standard InChI is InChI=1S/C23H20N6O2/c1-13(25)23(14(2)30)17-9-18-19(10-20(17)31-3)29-21(27-28-22(29)12-26-18)8-15-4-6-16(11-24)7-5-15/h4-7,9-10,12,25,30H,8H2,1-3H3/b23-14+,25-13?. The van der Waals surface area contributed by atoms with Crippen molar-refractivity contribution in [3.8, 4) is 11.8 Å². The van der Waals surface area contributed by atoms with Gasteiger partial charge >= 0.3 is 0 Å². The second kappa shape index (κ2) is 7.88. The maximum atomic E-state index is 10.1. The lowest BCUT2D eigenvalue weighted by molar-refractivity contribution is 0.409. The molecule has 8 heteroatoms. The topological polar surface area (TPSA) is 120 Å². The summed E-state index contributed by atoms with van der Waals surface area (Å²) < 4.78 is 7.51. The molecule has 0 saturated carbocycles. The predicted molar refractivity (Wildman–Crippen MR) is 117 cm³/mol. The van der Waals surface area contributed by atoms with Gasteiger partial charge in [0.25, 0.3) is 0 Å². The monoisotopic (exact) mass is 412 g/mol. The molecule has 0 atom stereocenters. The predicted octanol–water partition coefficient (Wildman–Crippen LogP) is 4.08. The summed E-state index contributed by atoms with van der Waals surface area (Å²) in [5.74, 6) is 1.27. The van der Waals surface area contributed by atoms with Crippen LogP contribution < -0.4 is 4.74 Å². The molecule has 0 aliphatic heterocycles. The van der Waals surface area contributed by atoms with Crippen LogP contribution in [0.3, 0.4) is 0 Å². The van der Waals surface area contributed by atoms with E-state index in [0.29, 0.717) is 40.0 Å². The van der Waals surface area contributed by atoms with Crippen LogP contribution in [0.1, 0.15) is 36.4 Å². The molecule has 0 saturated heterocycles. The van der Waals surface area contributed by atoms with E-state index in [1.165, 1.54) is 0 Å². The number of hydrogen-bond donors (Lipinski definition) is 2. The SMILES string of the molecule is COc1cc2c(cc1/C(C(C)=N)=C(\C)O)ncc1nnc(Cc3ccc(C#N)cc3)n12. The van der Waals surface area contributed by atoms with E-state index in [-0.39, 0.29) is 11.5 Å². The number of rotatable bonds is 5. The first-order chi connectivity index (χ1) is 14.9. The minimum Gasteiger partial charge on any atom is -0.512 e. The third-order valence-electron chi connectivity index (χ3n) is 5.06. The third-order valence-corrected chi connectivity index (χ3v) is 5.06. The van der Waals surface area contributed by atoms with Crippen LogP contribution in [0.25, 0.3) is 22.3 Å². The molecule has 0 amide bonds. The molecule has 2 heterocycles. The van der Waals surface area contributed by atoms with Gasteiger partial charge in [-0.3, -0.25) is 9.38 Å². The number of allylic oxidation sites excluding steroid dienone is 2. The lowest BCUT2D eigenvalue weighted by atomic mass is 9.99. The molecule has 4 aromatic rings. The smallest absolute Gasteiger partial charge is 0.179 e. The Morgan fingerprint density at radius 2 is 1.94 bits per heavy atom. The van der Waals surface area contributed by atoms with Crippen molar-refractivity contribution in [3.05, 3.63) is 70.9 Å². The molecule has 0 aliphatic carbocycles. The number of ether oxygens (including phenoxy) is 1. The molecule has 0 bridgehead atoms. The lowest BCUT2D eigenvalue weighted by Gasteiger charge is -2.14. The maximum absolute atomic E-state index is 10.1. The number of aliphatic hydroxyl groups is 1. The van der Waals surface area contributed by atoms with E-state index in [2.05, 4.69) is 21.3 Å². The van der Waals surface area contributed by atoms with Crippen LogP contribution >= 0.6 is 0 Å². The van der Waals surface area contributed by atoms with Gasteiger partial charge < -0.3 is 15.3 Å². The van der Waals surface area contributed by atoms with Crippen molar-refractivity contribution in [3.63, 3.8) is 0 Å². The van der Waals surface area contributed by atoms with Crippen LogP contribution in [-0.2, 0) is 6.42 Å². The second-order valence-electron chi connectivity index (χ2n) is 7.18. The molecule has 4 rings (SSSR count). The summed E-state index contributed by atoms with van der Waals surface area (Å²) in [5.41, 5.74) is 4.84. The molecule has 0 unspecified atom stereocenters. The van der Waals surface area contributed by atoms with Crippen molar-refractivity contribution in [1.82, 2.24) is 19.6 Å². The third kappa shape index (κ3) is 3.57. The zero-order valence-electron chi connectivity index (χ0n) is 17.3. The summed E-state index contributed by atoms with van der Waals surface area (Å²) >= 11 is 0. The van der Waals surface area contributed by atoms with E-state index in [9.17, 15) is 5.11 Å². The molecule has 154 valence electrons. The first kappa shape index (κ1) is 20.0. The molecule has 0 aliphatic rings. The quantitative estimate of drug-likeness (QED) is 0.376. The van der Waals surface area contributed by atoms with Crippen molar-refractivity contribution in [2.45, 2.75) is 20.3 Å². The highest BCUT2D eigenvalue weighted by Crippen LogP contribution is 2.33. The van der Waals surface area contributed by atoms with E-state index in [4.69, 9.17) is 15.4 Å². The van der Waals surface area contributed by atoms with Crippen molar-refractivity contribution in [2.24, 2.45) is 0 Å². The Hall–Kier alpha value is -4.25. The Kier molecular flexibility index (Phi) is 5.09. The van der Waals surface area contributed by atoms with E-state index < -0.39 is 0 Å². The molecule has 0 radical (unpaired) electrons. The van der Waals surface area contributed by atoms with Crippen LogP contribution in [0.4, 0.5) is 0 Å². The molecule has 0 spiro atoms. The number of benzene rings is 2. The van der Waals surface area contributed by atoms with Crippen molar-refractivity contribution in [2.75, 3.05) is 7.11 Å². The van der Waals surface area contributed by atoms with E-state index >= 15 is 0 Å². The normalized spacial score (nSPS) is 11.9. The fourth-order valence-electron chi connectivity index (χ4n) is 3.67. The summed E-state index contributed by atoms with van der Waals surface area (Å²) in [4.78, 5) is 4.50. The number of hydrogen-bond acceptors (Lipinski definition) is 7. The molecule has 8 nitrogen and oxygen atoms in total. The molecule has 31 heavy (non-hydrogen) atoms. The summed E-state index contributed by atoms with van der Waals surface area (Å²) in [7, 11) is 1.55. The number of nitrogens with one attached hydrogen (secondary N) is 1. The number of nitriles is 1. The van der Waals surface area contributed by atoms with Crippen LogP contribution in [0.2, 0.25) is 0 Å². The number of aromatic nitrogens is 4. The molecule has 2 N–H and O–H groups in total. The van der Waals surface area contributed by atoms with E-state index in [1.807, 2.05) is 22.6 Å². The minimum atomic E-state index is 0.0389. The number of methoxy groups -OCH3 is 1. The van der Waals surface area contributed by atoms with Crippen LogP contribution in [0.15, 0.2) is 48.4 Å². The largest absolute Gasteiger partial charge is 0.512 e. The first-order valence-corrected chi connectivity index (χ1v) is 9.58. The molecule has 2 aromatic carbocycles. The van der Waals surface area contributed by atoms with Gasteiger partial charge in [0.2, 0.25) is 0 Å². The highest BCUT2D eigenvalue weighted by Gasteiger charge is 2.18. The summed E-state index contributed by atoms with van der Waals surface area (Å²) in [6.07, 6.45) is 2.16. The number of fused-ring (bicyclic) bond motifs is 3. The number of nitrogens with zero attached hydrogens (tertiary/aromatic N) is 5. The zero-order valence-corrected chi connectivity index (χ0v) is 17.3. The van der Waals surface area contributed by atoms with Gasteiger partial charge in [-0.05, 0) is 37.6 Å². The first-order valence-electron chi connectivity index (χ1n) is 9.58. The van der Waals surface area contributed by atoms with Crippen LogP contribution in [-0.4, -0.2) is 37.5 Å². The van der Waals surface area contributed by atoms with Crippen LogP contribution in [0.5, 0.6) is 5.75 Å². The van der Waals surface area contributed by atoms with Gasteiger partial charge in [-0.25, -0.2) is 0 Å². The average Bonchev–Trinajstić information content (AvgIpc) is 3.16. The van der Waals surface area contributed by atoms with Gasteiger partial charge in [-0.15, -0.1) is 10.2 Å². The van der Waals surface area contributed by atoms with Crippen molar-refractivity contribution >= 4 is 28.0 Å². The van der Waals surface area contributed by atoms with Gasteiger partial charge in [0.15, 0.2) is 5.65 Å². The van der Waals surface area contributed by atoms with E-state index in [0.717, 1.165) is 16.9 Å². The Balaban J connectivity index is 1.91. The Morgan fingerprint density at radius 1 is 1.19 bits per heavy atom. The number of aliphatic hydroxyl groups excluding tert-OH is 1. The Labute approximate surface area is 178 Å². The van der Waals surface area contributed by atoms with Gasteiger partial charge in [-0.1, -0.05) is 12.1 Å². The molecular formula is C23H20N6O2. The van der Waals surface area contributed by atoms with Gasteiger partial charge in [0, 0.05) is 29.3 Å². The summed E-state index contributed by atoms with van der Waals surface area (Å²) in [6, 6.07) is 13.1. The zero-order chi connectivity index (χ0) is 22.1. The average molecular weight is 412 g/mol. The van der Waals surface area contributed by atoms with Crippen LogP contribution in [0, 0.1) is 16.7 Å². The van der Waals surface area contributed by atoms with Gasteiger partial charge in [0.05, 0.1) is 41.7 Å². The highest BCUT2D eigenvalue weighted by molar-refractivity contribution is 6.22. The molecule has 0 fully saturated rings. The fraction of sp³-hybridized carbons (Fsp3) is 0.174. The van der Waals surface area contributed by atoms with Gasteiger partial charge in [0.1, 0.15) is 11.6 Å². The fourth-order valence-corrected chi connectivity index (χ4v) is 3.67. The maximum Gasteiger partial charge on any atom is 0.179 e. The van der Waals surface area contributed by atoms with Crippen molar-refractivity contribution in [1.29, 1.82) is 10.7 Å². The second-order valence-corrected chi connectivity index (χ2v) is 7.18. The molecule has 2 aromatic heterocycles. The summed E-state index contributed by atoms with van der Waals surface area (Å²) in [5, 5.41) is 35.8. The minimum absolute atomic E-state index is 0.0389. The Bertz CT molecular complexity index is 1390. The molecular weight excluding hydrogens is 392 g/mol. The van der Waals surface area contributed by atoms with Crippen molar-refractivity contribution < 1.29 is 9.84 Å².